The van der Waals surface area contributed by atoms with Crippen LogP contribution in [0.5, 0.6) is 5.75 Å². The number of hydrogen-bond donors (Lipinski definition) is 1. The fraction of sp³-hybridized carbons (Fsp3) is 0.571. The van der Waals surface area contributed by atoms with E-state index in [1.807, 2.05) is 6.07 Å². The summed E-state index contributed by atoms with van der Waals surface area (Å²) >= 11 is 5.98. The fourth-order valence-corrected chi connectivity index (χ4v) is 2.47. The molecule has 5 nitrogen and oxygen atoms in total. The van der Waals surface area contributed by atoms with E-state index in [0.717, 1.165) is 5.56 Å². The van der Waals surface area contributed by atoms with Crippen molar-refractivity contribution in [2.75, 3.05) is 38.4 Å². The van der Waals surface area contributed by atoms with E-state index in [1.165, 1.54) is 0 Å². The minimum Gasteiger partial charge on any atom is -0.492 e. The Bertz CT molecular complexity index is 534. The molecule has 0 spiro atoms. The van der Waals surface area contributed by atoms with Crippen LogP contribution in [0.25, 0.3) is 0 Å². The predicted molar refractivity (Wildman–Crippen MR) is 84.9 cm³/mol. The zero-order valence-corrected chi connectivity index (χ0v) is 14.0. The highest BCUT2D eigenvalue weighted by atomic mass is 35.5. The van der Waals surface area contributed by atoms with E-state index in [-0.39, 0.29) is 18.1 Å². The molecule has 120 valence electrons. The number of rotatable bonds is 10. The molecule has 0 aliphatic heterocycles. The maximum absolute atomic E-state index is 11.4. The van der Waals surface area contributed by atoms with E-state index in [2.05, 4.69) is 5.32 Å². The zero-order chi connectivity index (χ0) is 15.7. The van der Waals surface area contributed by atoms with E-state index in [9.17, 15) is 8.42 Å². The quantitative estimate of drug-likeness (QED) is 0.661. The lowest BCUT2D eigenvalue weighted by atomic mass is 10.2. The highest BCUT2D eigenvalue weighted by molar-refractivity contribution is 7.91. The average molecular weight is 336 g/mol. The molecule has 0 radical (unpaired) electrons. The molecule has 21 heavy (non-hydrogen) atoms. The lowest BCUT2D eigenvalue weighted by Crippen LogP contribution is -2.20. The second kappa shape index (κ2) is 9.25. The smallest absolute Gasteiger partial charge is 0.153 e. The largest absolute Gasteiger partial charge is 0.492 e. The Morgan fingerprint density at radius 1 is 1.29 bits per heavy atom. The molecule has 1 N–H and O–H groups in total. The van der Waals surface area contributed by atoms with Gasteiger partial charge in [-0.15, -0.1) is 0 Å². The number of benzene rings is 1. The monoisotopic (exact) mass is 335 g/mol. The van der Waals surface area contributed by atoms with Crippen LogP contribution in [0, 0.1) is 0 Å². The minimum absolute atomic E-state index is 0.0165. The standard InChI is InChI=1S/C14H22ClNO4S/c1-3-21(17,18)9-8-20-14-5-4-13(15)10-12(14)11-16-6-7-19-2/h4-5,10,16H,3,6-9,11H2,1-2H3. The van der Waals surface area contributed by atoms with E-state index in [1.54, 1.807) is 26.2 Å². The first kappa shape index (κ1) is 18.2. The summed E-state index contributed by atoms with van der Waals surface area (Å²) in [5.41, 5.74) is 0.896. The summed E-state index contributed by atoms with van der Waals surface area (Å²) in [5, 5.41) is 3.82. The first-order valence-electron chi connectivity index (χ1n) is 6.80. The van der Waals surface area contributed by atoms with Gasteiger partial charge in [0.2, 0.25) is 0 Å². The fourth-order valence-electron chi connectivity index (χ4n) is 1.65. The van der Waals surface area contributed by atoms with Crippen molar-refractivity contribution in [3.05, 3.63) is 28.8 Å². The minimum atomic E-state index is -3.02. The third kappa shape index (κ3) is 7.13. The number of sulfone groups is 1. The first-order valence-corrected chi connectivity index (χ1v) is 8.99. The summed E-state index contributed by atoms with van der Waals surface area (Å²) in [7, 11) is -1.38. The van der Waals surface area contributed by atoms with Gasteiger partial charge in [0, 0.05) is 36.5 Å². The molecule has 0 bridgehead atoms. The van der Waals surface area contributed by atoms with E-state index < -0.39 is 9.84 Å². The van der Waals surface area contributed by atoms with Gasteiger partial charge in [0.05, 0.1) is 12.4 Å². The van der Waals surface area contributed by atoms with Crippen molar-refractivity contribution in [1.82, 2.24) is 5.32 Å². The maximum Gasteiger partial charge on any atom is 0.153 e. The molecule has 1 aromatic carbocycles. The molecular weight excluding hydrogens is 314 g/mol. The SMILES string of the molecule is CCS(=O)(=O)CCOc1ccc(Cl)cc1CNCCOC. The Labute approximate surface area is 131 Å². The second-order valence-electron chi connectivity index (χ2n) is 4.51. The van der Waals surface area contributed by atoms with Gasteiger partial charge in [0.1, 0.15) is 12.4 Å². The molecule has 0 aliphatic rings. The molecule has 0 aromatic heterocycles. The van der Waals surface area contributed by atoms with Gasteiger partial charge in [0.25, 0.3) is 0 Å². The van der Waals surface area contributed by atoms with Crippen LogP contribution in [0.15, 0.2) is 18.2 Å². The lowest BCUT2D eigenvalue weighted by molar-refractivity contribution is 0.199. The van der Waals surface area contributed by atoms with Crippen LogP contribution in [0.3, 0.4) is 0 Å². The van der Waals surface area contributed by atoms with Crippen molar-refractivity contribution in [2.45, 2.75) is 13.5 Å². The summed E-state index contributed by atoms with van der Waals surface area (Å²) < 4.78 is 33.4. The number of hydrogen-bond acceptors (Lipinski definition) is 5. The van der Waals surface area contributed by atoms with E-state index in [0.29, 0.717) is 30.5 Å². The van der Waals surface area contributed by atoms with Crippen LogP contribution in [-0.2, 0) is 21.1 Å². The molecule has 0 saturated heterocycles. The molecule has 0 amide bonds. The summed E-state index contributed by atoms with van der Waals surface area (Å²) in [6.45, 7) is 3.68. The van der Waals surface area contributed by atoms with Gasteiger partial charge in [-0.2, -0.15) is 0 Å². The van der Waals surface area contributed by atoms with Crippen LogP contribution in [-0.4, -0.2) is 46.8 Å². The third-order valence-corrected chi connectivity index (χ3v) is 4.82. The topological polar surface area (TPSA) is 64.6 Å². The van der Waals surface area contributed by atoms with Gasteiger partial charge in [-0.3, -0.25) is 0 Å². The Balaban J connectivity index is 2.59. The Morgan fingerprint density at radius 3 is 2.71 bits per heavy atom. The summed E-state index contributed by atoms with van der Waals surface area (Å²) in [5.74, 6) is 0.793. The lowest BCUT2D eigenvalue weighted by Gasteiger charge is -2.12. The Hall–Kier alpha value is -0.820. The first-order chi connectivity index (χ1) is 9.98. The number of methoxy groups -OCH3 is 1. The Kier molecular flexibility index (Phi) is 8.03. The zero-order valence-electron chi connectivity index (χ0n) is 12.4. The van der Waals surface area contributed by atoms with Crippen molar-refractivity contribution in [1.29, 1.82) is 0 Å². The molecular formula is C14H22ClNO4S. The summed E-state index contributed by atoms with van der Waals surface area (Å²) in [4.78, 5) is 0. The van der Waals surface area contributed by atoms with Crippen molar-refractivity contribution in [2.24, 2.45) is 0 Å². The molecule has 1 rings (SSSR count). The highest BCUT2D eigenvalue weighted by Gasteiger charge is 2.09. The van der Waals surface area contributed by atoms with E-state index >= 15 is 0 Å². The average Bonchev–Trinajstić information content (AvgIpc) is 2.45. The van der Waals surface area contributed by atoms with Gasteiger partial charge in [0.15, 0.2) is 9.84 Å². The maximum atomic E-state index is 11.4. The summed E-state index contributed by atoms with van der Waals surface area (Å²) in [6, 6.07) is 5.29. The van der Waals surface area contributed by atoms with Crippen molar-refractivity contribution in [3.8, 4) is 5.75 Å². The number of nitrogens with one attached hydrogen (secondary N) is 1. The highest BCUT2D eigenvalue weighted by Crippen LogP contribution is 2.23. The van der Waals surface area contributed by atoms with Crippen LogP contribution < -0.4 is 10.1 Å². The van der Waals surface area contributed by atoms with Gasteiger partial charge in [-0.05, 0) is 18.2 Å². The predicted octanol–water partition coefficient (Wildman–Crippen LogP) is 1.89. The molecule has 7 heteroatoms. The van der Waals surface area contributed by atoms with Gasteiger partial charge < -0.3 is 14.8 Å². The van der Waals surface area contributed by atoms with E-state index in [4.69, 9.17) is 21.1 Å². The van der Waals surface area contributed by atoms with Crippen LogP contribution in [0.2, 0.25) is 5.02 Å². The second-order valence-corrected chi connectivity index (χ2v) is 7.42. The van der Waals surface area contributed by atoms with Crippen molar-refractivity contribution in [3.63, 3.8) is 0 Å². The molecule has 0 unspecified atom stereocenters. The van der Waals surface area contributed by atoms with Gasteiger partial charge >= 0.3 is 0 Å². The Morgan fingerprint density at radius 2 is 2.05 bits per heavy atom. The molecule has 0 fully saturated rings. The normalized spacial score (nSPS) is 11.6. The van der Waals surface area contributed by atoms with Crippen LogP contribution >= 0.6 is 11.6 Å². The molecule has 0 aliphatic carbocycles. The molecule has 0 atom stereocenters. The molecule has 1 aromatic rings. The van der Waals surface area contributed by atoms with Crippen LogP contribution in [0.4, 0.5) is 0 Å². The van der Waals surface area contributed by atoms with Gasteiger partial charge in [-0.25, -0.2) is 8.42 Å². The number of halogens is 1. The van der Waals surface area contributed by atoms with Gasteiger partial charge in [-0.1, -0.05) is 18.5 Å². The third-order valence-electron chi connectivity index (χ3n) is 2.91. The molecule has 0 heterocycles. The molecule has 0 saturated carbocycles. The van der Waals surface area contributed by atoms with Crippen molar-refractivity contribution >= 4 is 21.4 Å². The van der Waals surface area contributed by atoms with Crippen LogP contribution in [0.1, 0.15) is 12.5 Å². The number of ether oxygens (including phenoxy) is 2. The summed E-state index contributed by atoms with van der Waals surface area (Å²) in [6.07, 6.45) is 0. The van der Waals surface area contributed by atoms with Crippen molar-refractivity contribution < 1.29 is 17.9 Å².